The van der Waals surface area contributed by atoms with Gasteiger partial charge in [-0.15, -0.1) is 0 Å². The van der Waals surface area contributed by atoms with E-state index in [0.29, 0.717) is 38.3 Å². The maximum atomic E-state index is 14.0. The van der Waals surface area contributed by atoms with E-state index in [1.165, 1.54) is 7.05 Å². The first-order chi connectivity index (χ1) is 20.4. The largest absolute Gasteiger partial charge is 0.467 e. The van der Waals surface area contributed by atoms with Crippen LogP contribution in [0.3, 0.4) is 0 Å². The molecule has 0 radical (unpaired) electrons. The Hall–Kier alpha value is -3.05. The minimum absolute atomic E-state index is 0.0685. The van der Waals surface area contributed by atoms with Gasteiger partial charge in [0.05, 0.1) is 38.6 Å². The molecule has 1 fully saturated rings. The molecule has 2 N–H and O–H groups in total. The third-order valence-electron chi connectivity index (χ3n) is 8.56. The van der Waals surface area contributed by atoms with E-state index in [-0.39, 0.29) is 28.6 Å². The van der Waals surface area contributed by atoms with Gasteiger partial charge in [0.1, 0.15) is 24.7 Å². The number of halogens is 3. The summed E-state index contributed by atoms with van der Waals surface area (Å²) in [6.45, 7) is 9.99. The van der Waals surface area contributed by atoms with Crippen molar-refractivity contribution in [3.8, 4) is 0 Å². The highest BCUT2D eigenvalue weighted by molar-refractivity contribution is 5.74. The average molecular weight is 609 g/mol. The van der Waals surface area contributed by atoms with E-state index < -0.39 is 24.2 Å². The molecule has 3 heterocycles. The van der Waals surface area contributed by atoms with E-state index >= 15 is 0 Å². The number of rotatable bonds is 13. The van der Waals surface area contributed by atoms with Gasteiger partial charge >= 0.3 is 12.1 Å². The Balaban J connectivity index is 1.60. The standard InChI is InChI=1S/C32H49F3N5O3/c1-7-10-12-13-23(4)28(41)31(42)40(6)19-17-39(18-20-40)27-16-15-25(21-37-27)36-22-26-29(32(33,34)35)38(5)30(43-26)24(9-3)14-11-8-2/h8,11,14-16,21,23,28,30,36,41H,7,9-10,12-13,17-20,22H2,1-6H3/q+1. The maximum absolute atomic E-state index is 14.0. The van der Waals surface area contributed by atoms with Gasteiger partial charge in [0, 0.05) is 7.05 Å². The number of nitrogens with zero attached hydrogens (tertiary/aromatic N) is 4. The van der Waals surface area contributed by atoms with Crippen LogP contribution in [0.4, 0.5) is 24.7 Å². The summed E-state index contributed by atoms with van der Waals surface area (Å²) in [4.78, 5) is 20.9. The van der Waals surface area contributed by atoms with E-state index in [1.807, 2.05) is 40.0 Å². The number of alkyl halides is 3. The highest BCUT2D eigenvalue weighted by Gasteiger charge is 2.47. The predicted molar refractivity (Wildman–Crippen MR) is 164 cm³/mol. The van der Waals surface area contributed by atoms with Gasteiger partial charge < -0.3 is 25.0 Å². The molecule has 0 aliphatic carbocycles. The molecule has 2 aliphatic rings. The summed E-state index contributed by atoms with van der Waals surface area (Å²) < 4.78 is 48.0. The van der Waals surface area contributed by atoms with Gasteiger partial charge in [-0.1, -0.05) is 58.3 Å². The van der Waals surface area contributed by atoms with Gasteiger partial charge in [-0.25, -0.2) is 9.78 Å². The van der Waals surface area contributed by atoms with Gasteiger partial charge in [0.2, 0.25) is 0 Å². The van der Waals surface area contributed by atoms with Crippen LogP contribution in [0, 0.1) is 5.92 Å². The minimum atomic E-state index is -4.56. The van der Waals surface area contributed by atoms with Gasteiger partial charge in [-0.2, -0.15) is 13.2 Å². The Morgan fingerprint density at radius 2 is 1.95 bits per heavy atom. The number of aliphatic hydroxyl groups is 1. The lowest BCUT2D eigenvalue weighted by Crippen LogP contribution is -2.63. The summed E-state index contributed by atoms with van der Waals surface area (Å²) >= 11 is 0. The quantitative estimate of drug-likeness (QED) is 0.166. The van der Waals surface area contributed by atoms with E-state index in [0.717, 1.165) is 42.0 Å². The number of unbranched alkanes of at least 4 members (excludes halogenated alkanes) is 2. The third-order valence-corrected chi connectivity index (χ3v) is 8.56. The summed E-state index contributed by atoms with van der Waals surface area (Å²) in [6, 6.07) is 3.61. The number of aliphatic hydroxyl groups excluding tert-OH is 1. The van der Waals surface area contributed by atoms with E-state index in [9.17, 15) is 23.1 Å². The second-order valence-corrected chi connectivity index (χ2v) is 11.8. The topological polar surface area (TPSA) is 77.9 Å². The number of carbonyl (C=O) groups is 1. The van der Waals surface area contributed by atoms with Gasteiger partial charge in [0.25, 0.3) is 0 Å². The first kappa shape index (κ1) is 34.4. The monoisotopic (exact) mass is 608 g/mol. The number of pyridine rings is 1. The molecule has 240 valence electrons. The lowest BCUT2D eigenvalue weighted by molar-refractivity contribution is -0.837. The summed E-state index contributed by atoms with van der Waals surface area (Å²) in [5.74, 6) is 0.366. The van der Waals surface area contributed by atoms with Crippen LogP contribution in [0.1, 0.15) is 59.8 Å². The summed E-state index contributed by atoms with van der Waals surface area (Å²) in [7, 11) is 3.29. The van der Waals surface area contributed by atoms with Crippen LogP contribution in [0.2, 0.25) is 0 Å². The molecule has 1 aromatic rings. The fourth-order valence-electron chi connectivity index (χ4n) is 5.64. The van der Waals surface area contributed by atoms with Gasteiger partial charge in [-0.3, -0.25) is 4.48 Å². The lowest BCUT2D eigenvalue weighted by Gasteiger charge is -2.41. The number of allylic oxidation sites excluding steroid dienone is 4. The molecule has 8 nitrogen and oxygen atoms in total. The van der Waals surface area contributed by atoms with Crippen molar-refractivity contribution in [2.24, 2.45) is 5.92 Å². The Kier molecular flexibility index (Phi) is 12.1. The molecule has 0 saturated carbocycles. The minimum Gasteiger partial charge on any atom is -0.467 e. The van der Waals surface area contributed by atoms with Crippen molar-refractivity contribution < 1.29 is 32.3 Å². The number of nitrogens with one attached hydrogen (secondary N) is 1. The molecule has 1 aromatic heterocycles. The predicted octanol–water partition coefficient (Wildman–Crippen LogP) is 5.84. The second kappa shape index (κ2) is 15.1. The van der Waals surface area contributed by atoms with E-state index in [2.05, 4.69) is 22.1 Å². The second-order valence-electron chi connectivity index (χ2n) is 11.8. The van der Waals surface area contributed by atoms with E-state index in [1.54, 1.807) is 24.4 Å². The molecule has 3 unspecified atom stereocenters. The van der Waals surface area contributed by atoms with Crippen molar-refractivity contribution in [3.05, 3.63) is 53.6 Å². The molecular formula is C32H49F3N5O3+. The number of hydrogen-bond acceptors (Lipinski definition) is 7. The zero-order chi connectivity index (χ0) is 31.8. The van der Waals surface area contributed by atoms with Crippen molar-refractivity contribution in [1.29, 1.82) is 0 Å². The van der Waals surface area contributed by atoms with E-state index in [4.69, 9.17) is 4.74 Å². The lowest BCUT2D eigenvalue weighted by atomic mass is 9.95. The van der Waals surface area contributed by atoms with Crippen LogP contribution < -0.4 is 10.2 Å². The first-order valence-corrected chi connectivity index (χ1v) is 15.4. The number of hydrogen-bond donors (Lipinski definition) is 2. The third kappa shape index (κ3) is 8.53. The highest BCUT2D eigenvalue weighted by atomic mass is 19.4. The number of ether oxygens (including phenoxy) is 1. The van der Waals surface area contributed by atoms with Crippen molar-refractivity contribution in [3.63, 3.8) is 0 Å². The number of carbonyl (C=O) groups excluding carboxylic acids is 1. The van der Waals surface area contributed by atoms with Crippen molar-refractivity contribution in [1.82, 2.24) is 9.88 Å². The SMILES string of the molecule is CC=CC=C(CC)C1OC(CNc2ccc(N3CC[N+](C)(C(=O)C(O)C(C)CCCCC)CC3)nc2)=C(C(F)(F)F)N1C. The summed E-state index contributed by atoms with van der Waals surface area (Å²) in [5.41, 5.74) is 0.525. The normalized spacial score (nSPS) is 20.9. The molecule has 3 rings (SSSR count). The van der Waals surface area contributed by atoms with Gasteiger partial charge in [-0.05, 0) is 43.4 Å². The molecule has 43 heavy (non-hydrogen) atoms. The smallest absolute Gasteiger partial charge is 0.434 e. The van der Waals surface area contributed by atoms with Gasteiger partial charge in [0.15, 0.2) is 18.0 Å². The molecule has 0 bridgehead atoms. The number of likely N-dealkylation sites (N-methyl/N-ethyl adjacent to an activating group) is 2. The molecule has 1 amide bonds. The van der Waals surface area contributed by atoms with Crippen LogP contribution in [-0.4, -0.2) is 90.7 Å². The maximum Gasteiger partial charge on any atom is 0.434 e. The number of amides is 1. The summed E-state index contributed by atoms with van der Waals surface area (Å²) in [6.07, 6.45) is 5.25. The molecular weight excluding hydrogens is 559 g/mol. The number of quaternary nitrogens is 1. The van der Waals surface area contributed by atoms with Crippen LogP contribution in [0.25, 0.3) is 0 Å². The Morgan fingerprint density at radius 3 is 2.51 bits per heavy atom. The summed E-state index contributed by atoms with van der Waals surface area (Å²) in [5, 5.41) is 13.8. The van der Waals surface area contributed by atoms with Crippen LogP contribution in [0.5, 0.6) is 0 Å². The number of piperazine rings is 1. The molecule has 11 heteroatoms. The van der Waals surface area contributed by atoms with Crippen LogP contribution in [0.15, 0.2) is 53.6 Å². The number of aromatic nitrogens is 1. The molecule has 1 saturated heterocycles. The molecule has 0 aromatic carbocycles. The zero-order valence-corrected chi connectivity index (χ0v) is 26.5. The van der Waals surface area contributed by atoms with Crippen LogP contribution in [-0.2, 0) is 9.53 Å². The fourth-order valence-corrected chi connectivity index (χ4v) is 5.64. The zero-order valence-electron chi connectivity index (χ0n) is 26.5. The Morgan fingerprint density at radius 1 is 1.26 bits per heavy atom. The van der Waals surface area contributed by atoms with Crippen molar-refractivity contribution in [2.75, 3.05) is 57.0 Å². The Bertz CT molecular complexity index is 1160. The highest BCUT2D eigenvalue weighted by Crippen LogP contribution is 2.39. The Labute approximate surface area is 254 Å². The van der Waals surface area contributed by atoms with Crippen molar-refractivity contribution in [2.45, 2.75) is 78.3 Å². The molecule has 2 aliphatic heterocycles. The molecule has 3 atom stereocenters. The van der Waals surface area contributed by atoms with Crippen LogP contribution >= 0.6 is 0 Å². The first-order valence-electron chi connectivity index (χ1n) is 15.4. The average Bonchev–Trinajstić information content (AvgIpc) is 3.32. The molecule has 0 spiro atoms. The fraction of sp³-hybridized carbons (Fsp3) is 0.625. The van der Waals surface area contributed by atoms with Crippen molar-refractivity contribution >= 4 is 17.4 Å². The number of anilines is 2.